The molecule has 0 spiro atoms. The maximum absolute atomic E-state index is 12.9. The van der Waals surface area contributed by atoms with Crippen LogP contribution in [0.1, 0.15) is 5.56 Å². The summed E-state index contributed by atoms with van der Waals surface area (Å²) in [6.07, 6.45) is 1.58. The predicted molar refractivity (Wildman–Crippen MR) is 96.9 cm³/mol. The number of hydrogen-bond acceptors (Lipinski definition) is 5. The van der Waals surface area contributed by atoms with Crippen LogP contribution in [0.5, 0.6) is 5.75 Å². The Morgan fingerprint density at radius 2 is 2.00 bits per heavy atom. The molecule has 0 fully saturated rings. The molecule has 0 atom stereocenters. The van der Waals surface area contributed by atoms with E-state index in [1.807, 2.05) is 24.3 Å². The Balaban J connectivity index is 1.59. The topological polar surface area (TPSA) is 69.0 Å². The standard InChI is InChI=1S/C18H17FN4O2S/c1-25-16-5-3-2-4-15(16)23-12-21-22-18(23)26-11-17(24)20-10-13-6-8-14(19)9-7-13/h2-9,12H,10-11H2,1H3,(H,20,24). The molecule has 0 bridgehead atoms. The van der Waals surface area contributed by atoms with Crippen LogP contribution < -0.4 is 10.1 Å². The SMILES string of the molecule is COc1ccccc1-n1cnnc1SCC(=O)NCc1ccc(F)cc1. The average Bonchev–Trinajstić information content (AvgIpc) is 3.14. The molecule has 3 rings (SSSR count). The summed E-state index contributed by atoms with van der Waals surface area (Å²) in [6.45, 7) is 0.346. The second kappa shape index (κ2) is 8.48. The molecule has 2 aromatic carbocycles. The number of aromatic nitrogens is 3. The van der Waals surface area contributed by atoms with Gasteiger partial charge in [-0.25, -0.2) is 4.39 Å². The van der Waals surface area contributed by atoms with E-state index in [1.165, 1.54) is 23.9 Å². The highest BCUT2D eigenvalue weighted by Gasteiger charge is 2.13. The van der Waals surface area contributed by atoms with Crippen LogP contribution in [0.25, 0.3) is 5.69 Å². The molecule has 0 radical (unpaired) electrons. The summed E-state index contributed by atoms with van der Waals surface area (Å²) in [5.74, 6) is 0.435. The maximum Gasteiger partial charge on any atom is 0.230 e. The number of nitrogens with zero attached hydrogens (tertiary/aromatic N) is 3. The third-order valence-corrected chi connectivity index (χ3v) is 4.54. The first kappa shape index (κ1) is 17.9. The van der Waals surface area contributed by atoms with Crippen molar-refractivity contribution in [3.05, 3.63) is 66.2 Å². The molecule has 1 aromatic heterocycles. The summed E-state index contributed by atoms with van der Waals surface area (Å²) in [5, 5.41) is 11.4. The molecule has 1 N–H and O–H groups in total. The quantitative estimate of drug-likeness (QED) is 0.646. The first-order valence-electron chi connectivity index (χ1n) is 7.84. The first-order chi connectivity index (χ1) is 12.7. The lowest BCUT2D eigenvalue weighted by molar-refractivity contribution is -0.118. The number of amides is 1. The maximum atomic E-state index is 12.9. The van der Waals surface area contributed by atoms with Gasteiger partial charge in [-0.05, 0) is 29.8 Å². The summed E-state index contributed by atoms with van der Waals surface area (Å²) >= 11 is 1.28. The van der Waals surface area contributed by atoms with E-state index in [9.17, 15) is 9.18 Å². The number of carbonyl (C=O) groups excluding carboxylic acids is 1. The molecule has 0 saturated heterocycles. The summed E-state index contributed by atoms with van der Waals surface area (Å²) in [5.41, 5.74) is 1.64. The number of thioether (sulfide) groups is 1. The minimum Gasteiger partial charge on any atom is -0.495 e. The van der Waals surface area contributed by atoms with Crippen molar-refractivity contribution in [2.24, 2.45) is 0 Å². The number of rotatable bonds is 7. The van der Waals surface area contributed by atoms with Crippen LogP contribution in [0.2, 0.25) is 0 Å². The zero-order valence-electron chi connectivity index (χ0n) is 14.1. The number of hydrogen-bond donors (Lipinski definition) is 1. The van der Waals surface area contributed by atoms with Crippen LogP contribution >= 0.6 is 11.8 Å². The molecule has 26 heavy (non-hydrogen) atoms. The van der Waals surface area contributed by atoms with Crippen LogP contribution in [0.4, 0.5) is 4.39 Å². The van der Waals surface area contributed by atoms with Gasteiger partial charge in [0.05, 0.1) is 18.6 Å². The number of ether oxygens (including phenoxy) is 1. The molecule has 3 aromatic rings. The van der Waals surface area contributed by atoms with E-state index < -0.39 is 0 Å². The van der Waals surface area contributed by atoms with E-state index in [0.29, 0.717) is 17.5 Å². The fraction of sp³-hybridized carbons (Fsp3) is 0.167. The first-order valence-corrected chi connectivity index (χ1v) is 8.83. The van der Waals surface area contributed by atoms with Gasteiger partial charge in [-0.1, -0.05) is 36.0 Å². The summed E-state index contributed by atoms with van der Waals surface area (Å²) in [4.78, 5) is 12.1. The van der Waals surface area contributed by atoms with Crippen molar-refractivity contribution < 1.29 is 13.9 Å². The number of methoxy groups -OCH3 is 1. The second-order valence-corrected chi connectivity index (χ2v) is 6.29. The van der Waals surface area contributed by atoms with E-state index in [-0.39, 0.29) is 17.5 Å². The Kier molecular flexibility index (Phi) is 5.85. The number of benzene rings is 2. The fourth-order valence-corrected chi connectivity index (χ4v) is 3.05. The van der Waals surface area contributed by atoms with Gasteiger partial charge in [-0.3, -0.25) is 9.36 Å². The van der Waals surface area contributed by atoms with Crippen molar-refractivity contribution in [2.45, 2.75) is 11.7 Å². The van der Waals surface area contributed by atoms with E-state index in [2.05, 4.69) is 15.5 Å². The summed E-state index contributed by atoms with van der Waals surface area (Å²) in [6, 6.07) is 13.5. The molecule has 1 heterocycles. The van der Waals surface area contributed by atoms with Crippen LogP contribution in [0.15, 0.2) is 60.0 Å². The third kappa shape index (κ3) is 4.40. The molecule has 0 aliphatic rings. The Hall–Kier alpha value is -2.87. The highest BCUT2D eigenvalue weighted by molar-refractivity contribution is 7.99. The molecule has 6 nitrogen and oxygen atoms in total. The molecule has 0 aliphatic carbocycles. The van der Waals surface area contributed by atoms with Crippen molar-refractivity contribution in [1.82, 2.24) is 20.1 Å². The van der Waals surface area contributed by atoms with Crippen LogP contribution in [-0.4, -0.2) is 33.5 Å². The fourth-order valence-electron chi connectivity index (χ4n) is 2.30. The van der Waals surface area contributed by atoms with Gasteiger partial charge in [0.25, 0.3) is 0 Å². The summed E-state index contributed by atoms with van der Waals surface area (Å²) in [7, 11) is 1.60. The Morgan fingerprint density at radius 1 is 1.23 bits per heavy atom. The number of nitrogens with one attached hydrogen (secondary N) is 1. The van der Waals surface area contributed by atoms with Crippen molar-refractivity contribution in [3.8, 4) is 11.4 Å². The third-order valence-electron chi connectivity index (χ3n) is 3.60. The van der Waals surface area contributed by atoms with E-state index in [0.717, 1.165) is 11.3 Å². The normalized spacial score (nSPS) is 10.5. The van der Waals surface area contributed by atoms with Crippen molar-refractivity contribution in [1.29, 1.82) is 0 Å². The molecule has 0 aliphatic heterocycles. The van der Waals surface area contributed by atoms with E-state index >= 15 is 0 Å². The smallest absolute Gasteiger partial charge is 0.230 e. The molecule has 8 heteroatoms. The largest absolute Gasteiger partial charge is 0.495 e. The van der Waals surface area contributed by atoms with E-state index in [4.69, 9.17) is 4.74 Å². The minimum atomic E-state index is -0.300. The van der Waals surface area contributed by atoms with Crippen molar-refractivity contribution in [2.75, 3.05) is 12.9 Å². The Morgan fingerprint density at radius 3 is 2.77 bits per heavy atom. The van der Waals surface area contributed by atoms with Gasteiger partial charge in [0.2, 0.25) is 5.91 Å². The Bertz CT molecular complexity index is 883. The van der Waals surface area contributed by atoms with E-state index in [1.54, 1.807) is 30.1 Å². The lowest BCUT2D eigenvalue weighted by Crippen LogP contribution is -2.24. The van der Waals surface area contributed by atoms with Crippen LogP contribution in [0, 0.1) is 5.82 Å². The highest BCUT2D eigenvalue weighted by Crippen LogP contribution is 2.26. The van der Waals surface area contributed by atoms with Gasteiger partial charge in [0, 0.05) is 6.54 Å². The molecule has 134 valence electrons. The average molecular weight is 372 g/mol. The van der Waals surface area contributed by atoms with Crippen LogP contribution in [0.3, 0.4) is 0 Å². The van der Waals surface area contributed by atoms with Gasteiger partial charge >= 0.3 is 0 Å². The monoisotopic (exact) mass is 372 g/mol. The van der Waals surface area contributed by atoms with Gasteiger partial charge in [0.1, 0.15) is 17.9 Å². The number of carbonyl (C=O) groups is 1. The molecular formula is C18H17FN4O2S. The number of para-hydroxylation sites is 2. The molecular weight excluding hydrogens is 355 g/mol. The lowest BCUT2D eigenvalue weighted by Gasteiger charge is -2.10. The van der Waals surface area contributed by atoms with Crippen molar-refractivity contribution in [3.63, 3.8) is 0 Å². The lowest BCUT2D eigenvalue weighted by atomic mass is 10.2. The van der Waals surface area contributed by atoms with Gasteiger partial charge in [0.15, 0.2) is 5.16 Å². The molecule has 0 saturated carbocycles. The highest BCUT2D eigenvalue weighted by atomic mass is 32.2. The Labute approximate surface area is 154 Å². The number of halogens is 1. The minimum absolute atomic E-state index is 0.145. The van der Waals surface area contributed by atoms with Gasteiger partial charge < -0.3 is 10.1 Å². The zero-order valence-corrected chi connectivity index (χ0v) is 14.9. The second-order valence-electron chi connectivity index (χ2n) is 5.35. The summed E-state index contributed by atoms with van der Waals surface area (Å²) < 4.78 is 20.0. The van der Waals surface area contributed by atoms with Crippen LogP contribution in [-0.2, 0) is 11.3 Å². The zero-order chi connectivity index (χ0) is 18.4. The van der Waals surface area contributed by atoms with Gasteiger partial charge in [-0.15, -0.1) is 10.2 Å². The van der Waals surface area contributed by atoms with Gasteiger partial charge in [-0.2, -0.15) is 0 Å². The molecule has 0 unspecified atom stereocenters. The molecule has 1 amide bonds. The predicted octanol–water partition coefficient (Wildman–Crippen LogP) is 2.82. The van der Waals surface area contributed by atoms with Crippen molar-refractivity contribution >= 4 is 17.7 Å².